The van der Waals surface area contributed by atoms with Gasteiger partial charge in [0.15, 0.2) is 0 Å². The number of aliphatic hydroxyl groups excluding tert-OH is 1. The molecule has 0 fully saturated rings. The highest BCUT2D eigenvalue weighted by Crippen LogP contribution is 2.25. The minimum atomic E-state index is 0.560. The largest absolute Gasteiger partial charge is 0.516 e. The fourth-order valence-electron chi connectivity index (χ4n) is 3.85. The van der Waals surface area contributed by atoms with Crippen molar-refractivity contribution < 1.29 is 9.84 Å². The lowest BCUT2D eigenvalue weighted by Crippen LogP contribution is -1.98. The number of fused-ring (bicyclic) bond motifs is 1. The van der Waals surface area contributed by atoms with E-state index < -0.39 is 0 Å². The molecule has 1 N–H and O–H groups in total. The molecular formula is C28H35NO2. The van der Waals surface area contributed by atoms with Gasteiger partial charge >= 0.3 is 0 Å². The van der Waals surface area contributed by atoms with Crippen LogP contribution in [0.2, 0.25) is 0 Å². The summed E-state index contributed by atoms with van der Waals surface area (Å²) in [6.45, 7) is 0.560. The number of hydrogen-bond donors (Lipinski definition) is 1. The van der Waals surface area contributed by atoms with Crippen molar-refractivity contribution in [2.24, 2.45) is 0 Å². The predicted molar refractivity (Wildman–Crippen MR) is 130 cm³/mol. The molecule has 0 amide bonds. The average molecular weight is 418 g/mol. The number of allylic oxidation sites excluding steroid dienone is 1. The lowest BCUT2D eigenvalue weighted by Gasteiger charge is -2.10. The molecule has 164 valence electrons. The summed E-state index contributed by atoms with van der Waals surface area (Å²) in [6, 6.07) is 20.7. The minimum Gasteiger partial charge on any atom is -0.516 e. The molecule has 0 radical (unpaired) electrons. The lowest BCUT2D eigenvalue weighted by molar-refractivity contribution is 0.309. The number of aryl methyl sites for hydroxylation is 1. The van der Waals surface area contributed by atoms with Crippen LogP contribution in [0.25, 0.3) is 10.9 Å². The summed E-state index contributed by atoms with van der Waals surface area (Å²) in [4.78, 5) is 4.92. The van der Waals surface area contributed by atoms with Gasteiger partial charge in [0.2, 0.25) is 0 Å². The van der Waals surface area contributed by atoms with Crippen LogP contribution in [0.3, 0.4) is 0 Å². The first-order valence-electron chi connectivity index (χ1n) is 11.7. The van der Waals surface area contributed by atoms with Crippen LogP contribution in [0, 0.1) is 0 Å². The Kier molecular flexibility index (Phi) is 9.95. The van der Waals surface area contributed by atoms with Crippen LogP contribution in [0.5, 0.6) is 5.75 Å². The van der Waals surface area contributed by atoms with Gasteiger partial charge in [-0.3, -0.25) is 0 Å². The molecular weight excluding hydrogens is 382 g/mol. The van der Waals surface area contributed by atoms with E-state index >= 15 is 0 Å². The van der Waals surface area contributed by atoms with Crippen LogP contribution in [0.1, 0.15) is 69.0 Å². The first-order valence-corrected chi connectivity index (χ1v) is 11.7. The molecule has 31 heavy (non-hydrogen) atoms. The molecule has 0 spiro atoms. The molecule has 0 aliphatic carbocycles. The van der Waals surface area contributed by atoms with E-state index in [-0.39, 0.29) is 0 Å². The van der Waals surface area contributed by atoms with E-state index in [1.54, 1.807) is 0 Å². The number of nitrogens with zero attached hydrogens (tertiary/aromatic N) is 1. The van der Waals surface area contributed by atoms with Crippen molar-refractivity contribution in [2.75, 3.05) is 0 Å². The Morgan fingerprint density at radius 2 is 1.48 bits per heavy atom. The van der Waals surface area contributed by atoms with Gasteiger partial charge in [-0.05, 0) is 43.4 Å². The fourth-order valence-corrected chi connectivity index (χ4v) is 3.85. The maximum absolute atomic E-state index is 8.61. The third-order valence-corrected chi connectivity index (χ3v) is 5.64. The fraction of sp³-hybridized carbons (Fsp3) is 0.393. The van der Waals surface area contributed by atoms with Crippen molar-refractivity contribution >= 4 is 10.9 Å². The van der Waals surface area contributed by atoms with Gasteiger partial charge in [-0.15, -0.1) is 0 Å². The summed E-state index contributed by atoms with van der Waals surface area (Å²) in [7, 11) is 0. The molecule has 1 heterocycles. The number of pyridine rings is 1. The van der Waals surface area contributed by atoms with Gasteiger partial charge in [-0.2, -0.15) is 0 Å². The Labute approximate surface area is 186 Å². The van der Waals surface area contributed by atoms with Gasteiger partial charge in [0.1, 0.15) is 17.9 Å². The van der Waals surface area contributed by atoms with Crippen molar-refractivity contribution in [3.8, 4) is 5.75 Å². The normalized spacial score (nSPS) is 11.4. The van der Waals surface area contributed by atoms with E-state index in [4.69, 9.17) is 14.8 Å². The van der Waals surface area contributed by atoms with Gasteiger partial charge in [-0.25, -0.2) is 4.98 Å². The quantitative estimate of drug-likeness (QED) is 0.214. The molecule has 0 saturated heterocycles. The van der Waals surface area contributed by atoms with Gasteiger partial charge in [-0.1, -0.05) is 93.1 Å². The first-order chi connectivity index (χ1) is 15.4. The second kappa shape index (κ2) is 13.5. The highest BCUT2D eigenvalue weighted by molar-refractivity contribution is 5.84. The minimum absolute atomic E-state index is 0.560. The maximum atomic E-state index is 8.61. The van der Waals surface area contributed by atoms with Crippen molar-refractivity contribution in [1.29, 1.82) is 0 Å². The molecule has 2 aromatic carbocycles. The number of unbranched alkanes of at least 4 members (excludes halogenated alkanes) is 8. The average Bonchev–Trinajstić information content (AvgIpc) is 2.82. The van der Waals surface area contributed by atoms with Crippen molar-refractivity contribution in [1.82, 2.24) is 4.98 Å². The molecule has 0 atom stereocenters. The standard InChI is InChI=1S/C28H35NO2/c30-22-13-8-6-4-2-1-3-5-7-12-18-26-21-20-25-17-14-19-27(28(25)29-26)31-23-24-15-10-9-11-16-24/h9-11,13-17,19-22,30H,1-8,12,18,23H2. The Bertz CT molecular complexity index is 921. The lowest BCUT2D eigenvalue weighted by atomic mass is 10.1. The first kappa shape index (κ1) is 22.9. The number of ether oxygens (including phenoxy) is 1. The summed E-state index contributed by atoms with van der Waals surface area (Å²) >= 11 is 0. The van der Waals surface area contributed by atoms with Crippen molar-refractivity contribution in [3.63, 3.8) is 0 Å². The molecule has 1 aromatic heterocycles. The third-order valence-electron chi connectivity index (χ3n) is 5.64. The zero-order valence-corrected chi connectivity index (χ0v) is 18.5. The molecule has 0 unspecified atom stereocenters. The molecule has 3 rings (SSSR count). The number of hydrogen-bond acceptors (Lipinski definition) is 3. The van der Waals surface area contributed by atoms with Crippen LogP contribution in [-0.2, 0) is 13.0 Å². The van der Waals surface area contributed by atoms with Crippen LogP contribution in [0.4, 0.5) is 0 Å². The Balaban J connectivity index is 1.41. The van der Waals surface area contributed by atoms with Crippen molar-refractivity contribution in [3.05, 3.63) is 84.3 Å². The van der Waals surface area contributed by atoms with Crippen LogP contribution in [-0.4, -0.2) is 10.1 Å². The number of benzene rings is 2. The van der Waals surface area contributed by atoms with Gasteiger partial charge in [0.05, 0.1) is 6.26 Å². The highest BCUT2D eigenvalue weighted by atomic mass is 16.5. The Morgan fingerprint density at radius 3 is 2.26 bits per heavy atom. The number of para-hydroxylation sites is 1. The van der Waals surface area contributed by atoms with Crippen LogP contribution >= 0.6 is 0 Å². The summed E-state index contributed by atoms with van der Waals surface area (Å²) < 4.78 is 6.09. The molecule has 0 aliphatic rings. The van der Waals surface area contributed by atoms with E-state index in [2.05, 4.69) is 30.3 Å². The molecule has 3 nitrogen and oxygen atoms in total. The highest BCUT2D eigenvalue weighted by Gasteiger charge is 2.06. The summed E-state index contributed by atoms with van der Waals surface area (Å²) in [6.07, 6.45) is 15.1. The Morgan fingerprint density at radius 1 is 0.742 bits per heavy atom. The molecule has 0 saturated carbocycles. The predicted octanol–water partition coefficient (Wildman–Crippen LogP) is 7.94. The van der Waals surface area contributed by atoms with Gasteiger partial charge in [0, 0.05) is 11.1 Å². The summed E-state index contributed by atoms with van der Waals surface area (Å²) in [5.74, 6) is 0.859. The molecule has 0 bridgehead atoms. The third kappa shape index (κ3) is 8.09. The number of rotatable bonds is 14. The number of aliphatic hydroxyl groups is 1. The van der Waals surface area contributed by atoms with E-state index in [0.717, 1.165) is 47.0 Å². The van der Waals surface area contributed by atoms with E-state index in [1.807, 2.05) is 36.4 Å². The second-order valence-electron chi connectivity index (χ2n) is 8.16. The van der Waals surface area contributed by atoms with E-state index in [1.165, 1.54) is 51.4 Å². The summed E-state index contributed by atoms with van der Waals surface area (Å²) in [5, 5.41) is 9.74. The smallest absolute Gasteiger partial charge is 0.146 e. The maximum Gasteiger partial charge on any atom is 0.146 e. The topological polar surface area (TPSA) is 42.4 Å². The zero-order valence-electron chi connectivity index (χ0n) is 18.5. The SMILES string of the molecule is OC=CCCCCCCCCCCc1ccc2cccc(OCc3ccccc3)c2n1. The van der Waals surface area contributed by atoms with Crippen LogP contribution in [0.15, 0.2) is 73.0 Å². The van der Waals surface area contributed by atoms with E-state index in [9.17, 15) is 0 Å². The molecule has 3 aromatic rings. The number of aromatic nitrogens is 1. The van der Waals surface area contributed by atoms with Gasteiger partial charge < -0.3 is 9.84 Å². The molecule has 0 aliphatic heterocycles. The van der Waals surface area contributed by atoms with Crippen molar-refractivity contribution in [2.45, 2.75) is 70.8 Å². The second-order valence-corrected chi connectivity index (χ2v) is 8.16. The van der Waals surface area contributed by atoms with E-state index in [0.29, 0.717) is 6.61 Å². The van der Waals surface area contributed by atoms with Crippen LogP contribution < -0.4 is 4.74 Å². The monoisotopic (exact) mass is 417 g/mol. The zero-order chi connectivity index (χ0) is 21.6. The molecule has 3 heteroatoms. The Hall–Kier alpha value is -2.81. The summed E-state index contributed by atoms with van der Waals surface area (Å²) in [5.41, 5.74) is 3.28. The van der Waals surface area contributed by atoms with Gasteiger partial charge in [0.25, 0.3) is 0 Å².